The SMILES string of the molecule is CCc1cc(Cn2nc(Cl)cc2-c2ccc(F)cc2[C@@H](C)Oc2cc(Br)cnc2N(O)O)n(Cc2ccccc2)n1. The van der Waals surface area contributed by atoms with Crippen LogP contribution in [0.5, 0.6) is 5.75 Å². The Labute approximate surface area is 249 Å². The summed E-state index contributed by atoms with van der Waals surface area (Å²) in [6.07, 6.45) is 1.45. The molecule has 9 nitrogen and oxygen atoms in total. The van der Waals surface area contributed by atoms with Gasteiger partial charge in [0.25, 0.3) is 0 Å². The highest BCUT2D eigenvalue weighted by Gasteiger charge is 2.22. The van der Waals surface area contributed by atoms with E-state index in [-0.39, 0.29) is 21.9 Å². The van der Waals surface area contributed by atoms with Crippen molar-refractivity contribution in [3.63, 3.8) is 0 Å². The first-order valence-corrected chi connectivity index (χ1v) is 14.0. The summed E-state index contributed by atoms with van der Waals surface area (Å²) in [5, 5.41) is 28.7. The predicted molar refractivity (Wildman–Crippen MR) is 156 cm³/mol. The lowest BCUT2D eigenvalue weighted by molar-refractivity contribution is 0.0243. The Morgan fingerprint density at radius 2 is 1.80 bits per heavy atom. The van der Waals surface area contributed by atoms with E-state index < -0.39 is 11.9 Å². The highest BCUT2D eigenvalue weighted by atomic mass is 79.9. The molecule has 5 rings (SSSR count). The number of hydrogen-bond acceptors (Lipinski definition) is 7. The van der Waals surface area contributed by atoms with Gasteiger partial charge in [0.2, 0.25) is 5.82 Å². The van der Waals surface area contributed by atoms with Crippen LogP contribution < -0.4 is 9.96 Å². The number of rotatable bonds is 10. The van der Waals surface area contributed by atoms with Gasteiger partial charge in [0.1, 0.15) is 11.9 Å². The first kappa shape index (κ1) is 28.7. The average molecular weight is 642 g/mol. The lowest BCUT2D eigenvalue weighted by Gasteiger charge is -2.21. The lowest BCUT2D eigenvalue weighted by Crippen LogP contribution is -2.16. The summed E-state index contributed by atoms with van der Waals surface area (Å²) in [7, 11) is 0. The molecule has 0 unspecified atom stereocenters. The number of benzene rings is 2. The largest absolute Gasteiger partial charge is 0.482 e. The van der Waals surface area contributed by atoms with E-state index in [1.807, 2.05) is 22.9 Å². The Morgan fingerprint density at radius 3 is 2.54 bits per heavy atom. The van der Waals surface area contributed by atoms with Crippen molar-refractivity contribution < 1.29 is 19.5 Å². The third-order valence-electron chi connectivity index (χ3n) is 6.53. The molecule has 12 heteroatoms. The van der Waals surface area contributed by atoms with Crippen LogP contribution in [0.4, 0.5) is 10.2 Å². The van der Waals surface area contributed by atoms with Crippen molar-refractivity contribution in [2.24, 2.45) is 0 Å². The van der Waals surface area contributed by atoms with E-state index in [1.165, 1.54) is 24.4 Å². The summed E-state index contributed by atoms with van der Waals surface area (Å²) in [5.74, 6) is -0.594. The highest BCUT2D eigenvalue weighted by Crippen LogP contribution is 2.36. The summed E-state index contributed by atoms with van der Waals surface area (Å²) in [6, 6.07) is 19.8. The second-order valence-electron chi connectivity index (χ2n) is 9.39. The van der Waals surface area contributed by atoms with Gasteiger partial charge in [-0.15, -0.1) is 5.23 Å². The van der Waals surface area contributed by atoms with E-state index in [4.69, 9.17) is 21.4 Å². The summed E-state index contributed by atoms with van der Waals surface area (Å²) in [5.41, 5.74) is 4.83. The minimum atomic E-state index is -0.729. The zero-order valence-corrected chi connectivity index (χ0v) is 24.6. The fourth-order valence-electron chi connectivity index (χ4n) is 4.59. The van der Waals surface area contributed by atoms with Crippen LogP contribution >= 0.6 is 27.5 Å². The monoisotopic (exact) mass is 640 g/mol. The molecule has 0 saturated heterocycles. The molecule has 3 aromatic heterocycles. The molecule has 1 atom stereocenters. The normalized spacial score (nSPS) is 12.0. The first-order chi connectivity index (χ1) is 19.7. The molecule has 0 amide bonds. The molecule has 0 spiro atoms. The summed E-state index contributed by atoms with van der Waals surface area (Å²) in [6.45, 7) is 4.76. The maximum Gasteiger partial charge on any atom is 0.225 e. The van der Waals surface area contributed by atoms with Gasteiger partial charge in [0, 0.05) is 27.9 Å². The molecule has 0 fully saturated rings. The van der Waals surface area contributed by atoms with Crippen LogP contribution in [0, 0.1) is 5.82 Å². The van der Waals surface area contributed by atoms with Crippen molar-refractivity contribution in [2.45, 2.75) is 39.5 Å². The summed E-state index contributed by atoms with van der Waals surface area (Å²) >= 11 is 9.73. The molecule has 0 bridgehead atoms. The van der Waals surface area contributed by atoms with E-state index in [0.29, 0.717) is 34.4 Å². The Hall–Kier alpha value is -3.77. The first-order valence-electron chi connectivity index (χ1n) is 12.8. The second kappa shape index (κ2) is 12.4. The summed E-state index contributed by atoms with van der Waals surface area (Å²) < 4.78 is 24.9. The van der Waals surface area contributed by atoms with Crippen molar-refractivity contribution in [1.29, 1.82) is 0 Å². The molecule has 2 aromatic carbocycles. The van der Waals surface area contributed by atoms with Gasteiger partial charge in [-0.3, -0.25) is 19.8 Å². The molecule has 0 saturated carbocycles. The quantitative estimate of drug-likeness (QED) is 0.157. The Balaban J connectivity index is 1.51. The molecule has 0 aliphatic rings. The van der Waals surface area contributed by atoms with E-state index in [9.17, 15) is 14.8 Å². The number of pyridine rings is 1. The number of ether oxygens (including phenoxy) is 1. The van der Waals surface area contributed by atoms with Crippen molar-refractivity contribution in [3.8, 4) is 17.0 Å². The van der Waals surface area contributed by atoms with Gasteiger partial charge in [0.15, 0.2) is 10.9 Å². The third-order valence-corrected chi connectivity index (χ3v) is 7.15. The van der Waals surface area contributed by atoms with Crippen LogP contribution in [0.3, 0.4) is 0 Å². The van der Waals surface area contributed by atoms with Gasteiger partial charge in [0.05, 0.1) is 30.2 Å². The van der Waals surface area contributed by atoms with E-state index >= 15 is 0 Å². The zero-order valence-electron chi connectivity index (χ0n) is 22.2. The standard InChI is InChI=1S/C29H27BrClFN6O3/c1-3-22-13-23(36(34-22)16-19-7-5-4-6-8-19)17-37-26(14-28(31)35-37)24-10-9-21(32)12-25(24)18(2)41-27-11-20(30)15-33-29(27)38(39)40/h4-15,18,39-40H,3,16-17H2,1-2H3/t18-/m1/s1. The van der Waals surface area contributed by atoms with Crippen molar-refractivity contribution >= 4 is 33.3 Å². The van der Waals surface area contributed by atoms with E-state index in [1.54, 1.807) is 23.7 Å². The summed E-state index contributed by atoms with van der Waals surface area (Å²) in [4.78, 5) is 3.97. The van der Waals surface area contributed by atoms with Crippen molar-refractivity contribution in [1.82, 2.24) is 24.5 Å². The number of aromatic nitrogens is 5. The van der Waals surface area contributed by atoms with E-state index in [0.717, 1.165) is 23.4 Å². The highest BCUT2D eigenvalue weighted by molar-refractivity contribution is 9.10. The van der Waals surface area contributed by atoms with Crippen LogP contribution in [0.15, 0.2) is 77.4 Å². The maximum absolute atomic E-state index is 14.6. The van der Waals surface area contributed by atoms with Crippen molar-refractivity contribution in [3.05, 3.63) is 111 Å². The number of hydrogen-bond donors (Lipinski definition) is 2. The lowest BCUT2D eigenvalue weighted by atomic mass is 10.00. The van der Waals surface area contributed by atoms with Gasteiger partial charge in [-0.05, 0) is 65.2 Å². The van der Waals surface area contributed by atoms with Gasteiger partial charge in [-0.25, -0.2) is 9.37 Å². The Morgan fingerprint density at radius 1 is 1.02 bits per heavy atom. The van der Waals surface area contributed by atoms with Gasteiger partial charge in [-0.1, -0.05) is 48.9 Å². The maximum atomic E-state index is 14.6. The zero-order chi connectivity index (χ0) is 29.1. The Kier molecular flexibility index (Phi) is 8.69. The molecule has 0 radical (unpaired) electrons. The number of halogens is 3. The van der Waals surface area contributed by atoms with Gasteiger partial charge >= 0.3 is 0 Å². The van der Waals surface area contributed by atoms with Crippen LogP contribution in [0.25, 0.3) is 11.3 Å². The fraction of sp³-hybridized carbons (Fsp3) is 0.207. The number of anilines is 1. The molecule has 0 aliphatic carbocycles. The molecule has 5 aromatic rings. The van der Waals surface area contributed by atoms with Crippen molar-refractivity contribution in [2.75, 3.05) is 5.23 Å². The predicted octanol–water partition coefficient (Wildman–Crippen LogP) is 7.08. The smallest absolute Gasteiger partial charge is 0.225 e. The van der Waals surface area contributed by atoms with Gasteiger partial charge in [-0.2, -0.15) is 10.2 Å². The van der Waals surface area contributed by atoms with Crippen LogP contribution in [0.2, 0.25) is 5.15 Å². The average Bonchev–Trinajstić information content (AvgIpc) is 3.51. The van der Waals surface area contributed by atoms with Crippen LogP contribution in [-0.2, 0) is 19.5 Å². The molecule has 3 heterocycles. The topological polar surface area (TPSA) is 101 Å². The van der Waals surface area contributed by atoms with Gasteiger partial charge < -0.3 is 4.74 Å². The van der Waals surface area contributed by atoms with E-state index in [2.05, 4.69) is 51.1 Å². The minimum Gasteiger partial charge on any atom is -0.482 e. The van der Waals surface area contributed by atoms with Crippen LogP contribution in [-0.4, -0.2) is 35.0 Å². The van der Waals surface area contributed by atoms with Crippen LogP contribution in [0.1, 0.15) is 42.5 Å². The fourth-order valence-corrected chi connectivity index (χ4v) is 5.10. The molecular formula is C29H27BrClFN6O3. The molecule has 212 valence electrons. The third kappa shape index (κ3) is 6.59. The molecule has 0 aliphatic heterocycles. The number of aryl methyl sites for hydroxylation is 1. The number of nitrogens with zero attached hydrogens (tertiary/aromatic N) is 6. The minimum absolute atomic E-state index is 0.0792. The molecular weight excluding hydrogens is 615 g/mol. The molecule has 41 heavy (non-hydrogen) atoms. The molecule has 2 N–H and O–H groups in total. The second-order valence-corrected chi connectivity index (χ2v) is 10.7. The Bertz CT molecular complexity index is 1660.